The van der Waals surface area contributed by atoms with Gasteiger partial charge in [-0.25, -0.2) is 9.97 Å². The van der Waals surface area contributed by atoms with Crippen LogP contribution in [0, 0.1) is 6.92 Å². The third-order valence-electron chi connectivity index (χ3n) is 2.12. The Morgan fingerprint density at radius 2 is 2.12 bits per heavy atom. The molecular formula is C12H18N2O2. The van der Waals surface area contributed by atoms with Crippen LogP contribution in [0.5, 0.6) is 0 Å². The first-order valence-electron chi connectivity index (χ1n) is 5.38. The average Bonchev–Trinajstić information content (AvgIpc) is 2.16. The molecule has 0 aromatic carbocycles. The fourth-order valence-electron chi connectivity index (χ4n) is 1.42. The fraction of sp³-hybridized carbons (Fsp3) is 0.583. The van der Waals surface area contributed by atoms with E-state index in [2.05, 4.69) is 9.97 Å². The zero-order valence-corrected chi connectivity index (χ0v) is 10.3. The van der Waals surface area contributed by atoms with Crippen molar-refractivity contribution in [3.05, 3.63) is 23.3 Å². The molecule has 0 amide bonds. The molecule has 0 bridgehead atoms. The molecule has 0 radical (unpaired) electrons. The maximum absolute atomic E-state index is 11.4. The summed E-state index contributed by atoms with van der Waals surface area (Å²) in [5.41, 5.74) is 1.68. The summed E-state index contributed by atoms with van der Waals surface area (Å²) in [6, 6.07) is 1.85. The molecule has 0 atom stereocenters. The van der Waals surface area contributed by atoms with E-state index >= 15 is 0 Å². The molecule has 0 fully saturated rings. The third kappa shape index (κ3) is 3.70. The van der Waals surface area contributed by atoms with Crippen molar-refractivity contribution in [3.63, 3.8) is 0 Å². The summed E-state index contributed by atoms with van der Waals surface area (Å²) in [5.74, 6) is 1.10. The number of nitrogens with zero attached hydrogens (tertiary/aromatic N) is 2. The van der Waals surface area contributed by atoms with Gasteiger partial charge in [0.1, 0.15) is 12.4 Å². The number of carbonyl (C=O) groups excluding carboxylic acids is 1. The van der Waals surface area contributed by atoms with Crippen LogP contribution in [-0.4, -0.2) is 29.5 Å². The Morgan fingerprint density at radius 3 is 2.69 bits per heavy atom. The van der Waals surface area contributed by atoms with Crippen LogP contribution in [-0.2, 0) is 16.0 Å². The fourth-order valence-corrected chi connectivity index (χ4v) is 1.42. The van der Waals surface area contributed by atoms with Gasteiger partial charge in [0.2, 0.25) is 0 Å². The van der Waals surface area contributed by atoms with E-state index in [9.17, 15) is 4.79 Å². The maximum Gasteiger partial charge on any atom is 0.164 e. The molecule has 1 heterocycles. The molecule has 4 nitrogen and oxygen atoms in total. The molecule has 1 aromatic heterocycles. The van der Waals surface area contributed by atoms with Gasteiger partial charge in [-0.05, 0) is 13.0 Å². The first-order valence-corrected chi connectivity index (χ1v) is 5.38. The van der Waals surface area contributed by atoms with E-state index in [1.54, 1.807) is 0 Å². The normalized spacial score (nSPS) is 10.8. The van der Waals surface area contributed by atoms with E-state index in [0.29, 0.717) is 6.42 Å². The van der Waals surface area contributed by atoms with Gasteiger partial charge in [-0.2, -0.15) is 0 Å². The van der Waals surface area contributed by atoms with Gasteiger partial charge in [-0.15, -0.1) is 0 Å². The molecule has 1 aromatic rings. The van der Waals surface area contributed by atoms with Crippen molar-refractivity contribution in [1.82, 2.24) is 9.97 Å². The summed E-state index contributed by atoms with van der Waals surface area (Å²) in [7, 11) is 1.52. The van der Waals surface area contributed by atoms with Crippen LogP contribution in [0.3, 0.4) is 0 Å². The molecule has 88 valence electrons. The summed E-state index contributed by atoms with van der Waals surface area (Å²) >= 11 is 0. The summed E-state index contributed by atoms with van der Waals surface area (Å²) in [4.78, 5) is 20.1. The molecular weight excluding hydrogens is 204 g/mol. The highest BCUT2D eigenvalue weighted by Crippen LogP contribution is 2.11. The monoisotopic (exact) mass is 222 g/mol. The zero-order chi connectivity index (χ0) is 12.1. The highest BCUT2D eigenvalue weighted by atomic mass is 16.5. The van der Waals surface area contributed by atoms with E-state index < -0.39 is 0 Å². The molecule has 16 heavy (non-hydrogen) atoms. The van der Waals surface area contributed by atoms with Crippen LogP contribution in [0.15, 0.2) is 6.07 Å². The van der Waals surface area contributed by atoms with Crippen molar-refractivity contribution in [2.75, 3.05) is 13.7 Å². The molecule has 4 heteroatoms. The lowest BCUT2D eigenvalue weighted by molar-refractivity contribution is -0.122. The molecule has 0 unspecified atom stereocenters. The number of rotatable bonds is 5. The van der Waals surface area contributed by atoms with Crippen molar-refractivity contribution in [2.45, 2.75) is 33.1 Å². The van der Waals surface area contributed by atoms with Crippen LogP contribution in [0.4, 0.5) is 0 Å². The minimum absolute atomic E-state index is 0.0373. The van der Waals surface area contributed by atoms with Gasteiger partial charge in [0, 0.05) is 18.7 Å². The molecule has 0 saturated heterocycles. The standard InChI is InChI=1S/C12H18N2O2/c1-8(2)12-13-9(3)5-10(14-12)6-11(15)7-16-4/h5,8H,6-7H2,1-4H3. The second kappa shape index (κ2) is 5.70. The highest BCUT2D eigenvalue weighted by molar-refractivity contribution is 5.81. The number of aryl methyl sites for hydroxylation is 1. The van der Waals surface area contributed by atoms with E-state index in [4.69, 9.17) is 4.74 Å². The minimum atomic E-state index is 0.0373. The van der Waals surface area contributed by atoms with E-state index in [-0.39, 0.29) is 18.3 Å². The lowest BCUT2D eigenvalue weighted by Crippen LogP contribution is -2.12. The Bertz CT molecular complexity index is 375. The zero-order valence-electron chi connectivity index (χ0n) is 10.3. The largest absolute Gasteiger partial charge is 0.377 e. The summed E-state index contributed by atoms with van der Waals surface area (Å²) in [5, 5.41) is 0. The van der Waals surface area contributed by atoms with Crippen LogP contribution in [0.25, 0.3) is 0 Å². The molecule has 0 aliphatic rings. The molecule has 0 aliphatic heterocycles. The van der Waals surface area contributed by atoms with Crippen LogP contribution < -0.4 is 0 Å². The van der Waals surface area contributed by atoms with Crippen molar-refractivity contribution in [1.29, 1.82) is 0 Å². The number of methoxy groups -OCH3 is 1. The van der Waals surface area contributed by atoms with Crippen LogP contribution >= 0.6 is 0 Å². The van der Waals surface area contributed by atoms with E-state index in [1.165, 1.54) is 7.11 Å². The maximum atomic E-state index is 11.4. The van der Waals surface area contributed by atoms with Crippen LogP contribution in [0.1, 0.15) is 37.0 Å². The summed E-state index contributed by atoms with van der Waals surface area (Å²) < 4.78 is 4.79. The second-order valence-corrected chi connectivity index (χ2v) is 4.16. The number of aromatic nitrogens is 2. The van der Waals surface area contributed by atoms with E-state index in [0.717, 1.165) is 17.2 Å². The van der Waals surface area contributed by atoms with Crippen molar-refractivity contribution in [2.24, 2.45) is 0 Å². The summed E-state index contributed by atoms with van der Waals surface area (Å²) in [6.07, 6.45) is 0.316. The number of Topliss-reactive ketones (excluding diaryl/α,β-unsaturated/α-hetero) is 1. The number of carbonyl (C=O) groups is 1. The number of hydrogen-bond acceptors (Lipinski definition) is 4. The number of hydrogen-bond donors (Lipinski definition) is 0. The van der Waals surface area contributed by atoms with E-state index in [1.807, 2.05) is 26.8 Å². The Hall–Kier alpha value is -1.29. The third-order valence-corrected chi connectivity index (χ3v) is 2.12. The van der Waals surface area contributed by atoms with Gasteiger partial charge >= 0.3 is 0 Å². The second-order valence-electron chi connectivity index (χ2n) is 4.16. The first kappa shape index (κ1) is 12.8. The van der Waals surface area contributed by atoms with Crippen molar-refractivity contribution < 1.29 is 9.53 Å². The predicted molar refractivity (Wildman–Crippen MR) is 61.4 cm³/mol. The van der Waals surface area contributed by atoms with Gasteiger partial charge < -0.3 is 4.74 Å². The Kier molecular flexibility index (Phi) is 4.55. The Labute approximate surface area is 96.1 Å². The SMILES string of the molecule is COCC(=O)Cc1cc(C)nc(C(C)C)n1. The average molecular weight is 222 g/mol. The van der Waals surface area contributed by atoms with Gasteiger partial charge in [-0.1, -0.05) is 13.8 Å². The highest BCUT2D eigenvalue weighted by Gasteiger charge is 2.09. The number of ether oxygens (including phenoxy) is 1. The van der Waals surface area contributed by atoms with Gasteiger partial charge in [0.05, 0.1) is 12.1 Å². The van der Waals surface area contributed by atoms with Gasteiger partial charge in [0.15, 0.2) is 5.78 Å². The molecule has 0 N–H and O–H groups in total. The van der Waals surface area contributed by atoms with Gasteiger partial charge in [-0.3, -0.25) is 4.79 Å². The molecule has 0 spiro atoms. The lowest BCUT2D eigenvalue weighted by Gasteiger charge is -2.07. The summed E-state index contributed by atoms with van der Waals surface area (Å²) in [6.45, 7) is 6.13. The van der Waals surface area contributed by atoms with Gasteiger partial charge in [0.25, 0.3) is 0 Å². The minimum Gasteiger partial charge on any atom is -0.377 e. The van der Waals surface area contributed by atoms with Crippen molar-refractivity contribution in [3.8, 4) is 0 Å². The Balaban J connectivity index is 2.84. The first-order chi connectivity index (χ1) is 7.52. The molecule has 0 saturated carbocycles. The lowest BCUT2D eigenvalue weighted by atomic mass is 10.1. The predicted octanol–water partition coefficient (Wildman–Crippen LogP) is 1.67. The van der Waals surface area contributed by atoms with Crippen molar-refractivity contribution >= 4 is 5.78 Å². The Morgan fingerprint density at radius 1 is 1.44 bits per heavy atom. The topological polar surface area (TPSA) is 52.1 Å². The molecule has 0 aliphatic carbocycles. The smallest absolute Gasteiger partial charge is 0.164 e. The number of ketones is 1. The van der Waals surface area contributed by atoms with Crippen LogP contribution in [0.2, 0.25) is 0 Å². The quantitative estimate of drug-likeness (QED) is 0.760. The molecule has 1 rings (SSSR count).